The minimum atomic E-state index is -0.313. The normalized spacial score (nSPS) is 15.2. The fraction of sp³-hybridized carbons (Fsp3) is 0.321. The lowest BCUT2D eigenvalue weighted by Crippen LogP contribution is -2.37. The summed E-state index contributed by atoms with van der Waals surface area (Å²) in [5.74, 6) is 2.38. The third-order valence-electron chi connectivity index (χ3n) is 6.63. The van der Waals surface area contributed by atoms with Crippen LogP contribution in [0.3, 0.4) is 0 Å². The van der Waals surface area contributed by atoms with Crippen molar-refractivity contribution >= 4 is 21.7 Å². The van der Waals surface area contributed by atoms with Crippen molar-refractivity contribution in [2.24, 2.45) is 5.92 Å². The summed E-state index contributed by atoms with van der Waals surface area (Å²) in [4.78, 5) is 14.7. The number of rotatable bonds is 7. The lowest BCUT2D eigenvalue weighted by Gasteiger charge is -2.32. The topological polar surface area (TPSA) is 51.9 Å². The molecule has 5 rings (SSSR count). The number of likely N-dealkylation sites (tertiary alicyclic amines) is 1. The highest BCUT2D eigenvalue weighted by Crippen LogP contribution is 2.27. The summed E-state index contributed by atoms with van der Waals surface area (Å²) in [6, 6.07) is 21.7. The maximum Gasteiger partial charge on any atom is 0.344 e. The van der Waals surface area contributed by atoms with Crippen LogP contribution in [0.15, 0.2) is 75.9 Å². The SMILES string of the molecule is COc1cccc(CC2CCN(CCOc3ccc4c(c3)oc(=O)c3ccccc34)CC2)c1. The van der Waals surface area contributed by atoms with E-state index in [2.05, 4.69) is 23.1 Å². The molecule has 5 heteroatoms. The highest BCUT2D eigenvalue weighted by molar-refractivity contribution is 6.04. The van der Waals surface area contributed by atoms with Gasteiger partial charge in [0.2, 0.25) is 0 Å². The van der Waals surface area contributed by atoms with Crippen LogP contribution in [0.25, 0.3) is 21.7 Å². The molecule has 2 heterocycles. The van der Waals surface area contributed by atoms with Crippen molar-refractivity contribution in [3.05, 3.63) is 82.7 Å². The predicted molar refractivity (Wildman–Crippen MR) is 131 cm³/mol. The minimum Gasteiger partial charge on any atom is -0.497 e. The van der Waals surface area contributed by atoms with E-state index < -0.39 is 0 Å². The first-order valence-electron chi connectivity index (χ1n) is 11.6. The van der Waals surface area contributed by atoms with Gasteiger partial charge in [0.15, 0.2) is 0 Å². The average molecular weight is 444 g/mol. The van der Waals surface area contributed by atoms with Crippen LogP contribution in [0.5, 0.6) is 11.5 Å². The number of hydrogen-bond donors (Lipinski definition) is 0. The van der Waals surface area contributed by atoms with Crippen LogP contribution in [0.4, 0.5) is 0 Å². The molecule has 170 valence electrons. The van der Waals surface area contributed by atoms with Gasteiger partial charge in [-0.05, 0) is 79.6 Å². The van der Waals surface area contributed by atoms with Gasteiger partial charge in [0.25, 0.3) is 0 Å². The molecule has 1 aromatic heterocycles. The molecule has 0 atom stereocenters. The lowest BCUT2D eigenvalue weighted by molar-refractivity contribution is 0.155. The number of piperidine rings is 1. The number of nitrogens with zero attached hydrogens (tertiary/aromatic N) is 1. The second-order valence-corrected chi connectivity index (χ2v) is 8.78. The molecule has 33 heavy (non-hydrogen) atoms. The zero-order chi connectivity index (χ0) is 22.6. The predicted octanol–water partition coefficient (Wildman–Crippen LogP) is 5.29. The summed E-state index contributed by atoms with van der Waals surface area (Å²) in [6.45, 7) is 3.70. The second-order valence-electron chi connectivity index (χ2n) is 8.78. The third kappa shape index (κ3) is 4.88. The van der Waals surface area contributed by atoms with Crippen LogP contribution in [0.2, 0.25) is 0 Å². The van der Waals surface area contributed by atoms with E-state index in [1.807, 2.05) is 42.5 Å². The molecule has 0 N–H and O–H groups in total. The van der Waals surface area contributed by atoms with E-state index in [0.29, 0.717) is 23.5 Å². The Morgan fingerprint density at radius 3 is 2.55 bits per heavy atom. The molecule has 0 radical (unpaired) electrons. The highest BCUT2D eigenvalue weighted by Gasteiger charge is 2.19. The van der Waals surface area contributed by atoms with Gasteiger partial charge in [-0.15, -0.1) is 0 Å². The summed E-state index contributed by atoms with van der Waals surface area (Å²) < 4.78 is 16.9. The maximum absolute atomic E-state index is 12.3. The summed E-state index contributed by atoms with van der Waals surface area (Å²) in [7, 11) is 1.72. The van der Waals surface area contributed by atoms with Gasteiger partial charge in [-0.1, -0.05) is 30.3 Å². The molecule has 1 saturated heterocycles. The Labute approximate surface area is 193 Å². The van der Waals surface area contributed by atoms with E-state index in [4.69, 9.17) is 13.9 Å². The smallest absolute Gasteiger partial charge is 0.344 e. The molecular weight excluding hydrogens is 414 g/mol. The van der Waals surface area contributed by atoms with E-state index in [1.54, 1.807) is 13.2 Å². The number of hydrogen-bond acceptors (Lipinski definition) is 5. The Bertz CT molecular complexity index is 1300. The van der Waals surface area contributed by atoms with Gasteiger partial charge in [0, 0.05) is 18.0 Å². The van der Waals surface area contributed by atoms with Crippen LogP contribution < -0.4 is 15.1 Å². The first-order chi connectivity index (χ1) is 16.2. The van der Waals surface area contributed by atoms with E-state index in [0.717, 1.165) is 48.3 Å². The minimum absolute atomic E-state index is 0.313. The van der Waals surface area contributed by atoms with E-state index in [9.17, 15) is 4.79 Å². The largest absolute Gasteiger partial charge is 0.497 e. The Balaban J connectivity index is 1.14. The molecule has 0 spiro atoms. The van der Waals surface area contributed by atoms with Crippen molar-refractivity contribution in [2.45, 2.75) is 19.3 Å². The van der Waals surface area contributed by atoms with Gasteiger partial charge in [-0.2, -0.15) is 0 Å². The molecule has 3 aromatic carbocycles. The molecule has 0 saturated carbocycles. The average Bonchev–Trinajstić information content (AvgIpc) is 2.85. The number of fused-ring (bicyclic) bond motifs is 3. The highest BCUT2D eigenvalue weighted by atomic mass is 16.5. The van der Waals surface area contributed by atoms with Crippen LogP contribution >= 0.6 is 0 Å². The fourth-order valence-electron chi connectivity index (χ4n) is 4.79. The Morgan fingerprint density at radius 1 is 0.909 bits per heavy atom. The van der Waals surface area contributed by atoms with Crippen LogP contribution in [-0.2, 0) is 6.42 Å². The third-order valence-corrected chi connectivity index (χ3v) is 6.63. The summed E-state index contributed by atoms with van der Waals surface area (Å²) in [5.41, 5.74) is 1.61. The van der Waals surface area contributed by atoms with Crippen LogP contribution in [0.1, 0.15) is 18.4 Å². The van der Waals surface area contributed by atoms with Crippen molar-refractivity contribution in [1.29, 1.82) is 0 Å². The molecule has 1 fully saturated rings. The first kappa shape index (κ1) is 21.5. The number of benzene rings is 3. The Hall–Kier alpha value is -3.31. The zero-order valence-corrected chi connectivity index (χ0v) is 19.0. The van der Waals surface area contributed by atoms with Gasteiger partial charge < -0.3 is 13.9 Å². The molecular formula is C28H29NO4. The number of methoxy groups -OCH3 is 1. The summed E-state index contributed by atoms with van der Waals surface area (Å²) >= 11 is 0. The van der Waals surface area contributed by atoms with Crippen LogP contribution in [0, 0.1) is 5.92 Å². The van der Waals surface area contributed by atoms with Crippen LogP contribution in [-0.4, -0.2) is 38.3 Å². The van der Waals surface area contributed by atoms with E-state index >= 15 is 0 Å². The van der Waals surface area contributed by atoms with Crippen molar-refractivity contribution in [1.82, 2.24) is 4.90 Å². The molecule has 0 bridgehead atoms. The molecule has 0 unspecified atom stereocenters. The van der Waals surface area contributed by atoms with Gasteiger partial charge in [0.05, 0.1) is 12.5 Å². The number of ether oxygens (including phenoxy) is 2. The molecule has 5 nitrogen and oxygen atoms in total. The summed E-state index contributed by atoms with van der Waals surface area (Å²) in [6.07, 6.45) is 3.51. The lowest BCUT2D eigenvalue weighted by atomic mass is 9.90. The monoisotopic (exact) mass is 443 g/mol. The van der Waals surface area contributed by atoms with Gasteiger partial charge >= 0.3 is 5.63 Å². The first-order valence-corrected chi connectivity index (χ1v) is 11.6. The van der Waals surface area contributed by atoms with E-state index in [1.165, 1.54) is 18.4 Å². The van der Waals surface area contributed by atoms with Gasteiger partial charge in [-0.3, -0.25) is 4.90 Å². The van der Waals surface area contributed by atoms with Crippen molar-refractivity contribution in [3.8, 4) is 11.5 Å². The maximum atomic E-state index is 12.3. The van der Waals surface area contributed by atoms with Crippen molar-refractivity contribution < 1.29 is 13.9 Å². The van der Waals surface area contributed by atoms with Crippen molar-refractivity contribution in [2.75, 3.05) is 33.4 Å². The van der Waals surface area contributed by atoms with Gasteiger partial charge in [0.1, 0.15) is 23.7 Å². The fourth-order valence-corrected chi connectivity index (χ4v) is 4.79. The quantitative estimate of drug-likeness (QED) is 0.287. The molecule has 4 aromatic rings. The standard InChI is InChI=1S/C28H29NO4/c1-31-22-6-4-5-21(18-22)17-20-11-13-29(14-12-20)15-16-32-23-9-10-25-24-7-2-3-8-26(24)28(30)33-27(25)19-23/h2-10,18-20H,11-17H2,1H3. The molecule has 0 aliphatic carbocycles. The van der Waals surface area contributed by atoms with Crippen molar-refractivity contribution in [3.63, 3.8) is 0 Å². The molecule has 0 amide bonds. The Kier molecular flexibility index (Phi) is 6.31. The summed E-state index contributed by atoms with van der Waals surface area (Å²) in [5, 5.41) is 2.44. The van der Waals surface area contributed by atoms with Gasteiger partial charge in [-0.25, -0.2) is 4.79 Å². The van der Waals surface area contributed by atoms with E-state index in [-0.39, 0.29) is 5.63 Å². The Morgan fingerprint density at radius 2 is 1.73 bits per heavy atom. The molecule has 1 aliphatic rings. The second kappa shape index (κ2) is 9.67. The zero-order valence-electron chi connectivity index (χ0n) is 19.0. The molecule has 1 aliphatic heterocycles.